The van der Waals surface area contributed by atoms with Crippen molar-refractivity contribution in [2.75, 3.05) is 0 Å². The molecule has 0 saturated heterocycles. The van der Waals surface area contributed by atoms with Crippen molar-refractivity contribution in [3.8, 4) is 16.8 Å². The Balaban J connectivity index is 1.45. The van der Waals surface area contributed by atoms with Crippen LogP contribution in [0.3, 0.4) is 0 Å². The summed E-state index contributed by atoms with van der Waals surface area (Å²) in [6, 6.07) is 41.3. The molecule has 39 heavy (non-hydrogen) atoms. The largest absolute Gasteiger partial charge is 0.309 e. The van der Waals surface area contributed by atoms with Gasteiger partial charge in [-0.15, -0.1) is 11.3 Å². The van der Waals surface area contributed by atoms with Crippen LogP contribution in [0.15, 0.2) is 121 Å². The molecule has 0 saturated carbocycles. The Bertz CT molecular complexity index is 2280. The van der Waals surface area contributed by atoms with Crippen LogP contribution in [0.1, 0.15) is 0 Å². The average molecular weight is 521 g/mol. The molecule has 0 spiro atoms. The number of hydrogen-bond donors (Lipinski definition) is 0. The van der Waals surface area contributed by atoms with Crippen LogP contribution in [-0.4, -0.2) is 9.49 Å². The molecule has 0 aliphatic carbocycles. The molecule has 5 heteroatoms. The van der Waals surface area contributed by atoms with E-state index in [0.29, 0.717) is 5.56 Å². The number of nitro benzene ring substituents is 1. The highest BCUT2D eigenvalue weighted by Gasteiger charge is 2.20. The van der Waals surface area contributed by atoms with Gasteiger partial charge in [0.05, 0.1) is 21.5 Å². The van der Waals surface area contributed by atoms with Crippen molar-refractivity contribution in [1.29, 1.82) is 0 Å². The van der Waals surface area contributed by atoms with Gasteiger partial charge in [-0.1, -0.05) is 78.9 Å². The van der Waals surface area contributed by atoms with Crippen molar-refractivity contribution in [3.63, 3.8) is 0 Å². The van der Waals surface area contributed by atoms with E-state index in [2.05, 4.69) is 89.5 Å². The van der Waals surface area contributed by atoms with Crippen LogP contribution in [0.4, 0.5) is 5.69 Å². The van der Waals surface area contributed by atoms with Crippen molar-refractivity contribution >= 4 is 69.8 Å². The van der Waals surface area contributed by atoms with Crippen molar-refractivity contribution in [3.05, 3.63) is 131 Å². The first-order valence-corrected chi connectivity index (χ1v) is 13.6. The molecular formula is C34H20N2O2S. The van der Waals surface area contributed by atoms with Gasteiger partial charge in [-0.3, -0.25) is 10.1 Å². The highest BCUT2D eigenvalue weighted by atomic mass is 32.1. The number of nitrogens with zero attached hydrogens (tertiary/aromatic N) is 2. The van der Waals surface area contributed by atoms with Crippen LogP contribution in [0.2, 0.25) is 0 Å². The van der Waals surface area contributed by atoms with Crippen LogP contribution in [0, 0.1) is 10.1 Å². The fourth-order valence-corrected chi connectivity index (χ4v) is 7.17. The van der Waals surface area contributed by atoms with Crippen molar-refractivity contribution in [2.45, 2.75) is 0 Å². The molecule has 2 aromatic heterocycles. The molecule has 0 radical (unpaired) electrons. The molecule has 8 aromatic rings. The molecular weight excluding hydrogens is 500 g/mol. The van der Waals surface area contributed by atoms with Crippen molar-refractivity contribution in [1.82, 2.24) is 4.57 Å². The van der Waals surface area contributed by atoms with Crippen molar-refractivity contribution < 1.29 is 4.92 Å². The third-order valence-electron chi connectivity index (χ3n) is 7.67. The Kier molecular flexibility index (Phi) is 4.66. The summed E-state index contributed by atoms with van der Waals surface area (Å²) in [5.74, 6) is 0. The minimum absolute atomic E-state index is 0.126. The highest BCUT2D eigenvalue weighted by molar-refractivity contribution is 7.26. The maximum atomic E-state index is 11.8. The maximum Gasteiger partial charge on any atom is 0.277 e. The molecule has 0 N–H and O–H groups in total. The minimum atomic E-state index is -0.297. The van der Waals surface area contributed by atoms with E-state index < -0.39 is 0 Å². The summed E-state index contributed by atoms with van der Waals surface area (Å²) < 4.78 is 4.58. The monoisotopic (exact) mass is 520 g/mol. The van der Waals surface area contributed by atoms with Gasteiger partial charge in [0.2, 0.25) is 0 Å². The van der Waals surface area contributed by atoms with E-state index in [1.807, 2.05) is 24.3 Å². The van der Waals surface area contributed by atoms with E-state index in [4.69, 9.17) is 0 Å². The summed E-state index contributed by atoms with van der Waals surface area (Å²) in [5.41, 5.74) is 5.12. The number of nitro groups is 1. The lowest BCUT2D eigenvalue weighted by Gasteiger charge is -2.09. The lowest BCUT2D eigenvalue weighted by Crippen LogP contribution is -1.93. The topological polar surface area (TPSA) is 48.1 Å². The Morgan fingerprint density at radius 3 is 2.23 bits per heavy atom. The van der Waals surface area contributed by atoms with Gasteiger partial charge in [0, 0.05) is 48.3 Å². The third-order valence-corrected chi connectivity index (χ3v) is 8.87. The number of benzene rings is 6. The van der Waals surface area contributed by atoms with Gasteiger partial charge in [0.25, 0.3) is 5.69 Å². The second-order valence-electron chi connectivity index (χ2n) is 9.81. The van der Waals surface area contributed by atoms with E-state index in [-0.39, 0.29) is 10.6 Å². The van der Waals surface area contributed by atoms with Gasteiger partial charge < -0.3 is 4.57 Å². The Morgan fingerprint density at radius 2 is 1.33 bits per heavy atom. The smallest absolute Gasteiger partial charge is 0.277 e. The van der Waals surface area contributed by atoms with Crippen molar-refractivity contribution in [2.24, 2.45) is 0 Å². The Morgan fingerprint density at radius 1 is 0.590 bits per heavy atom. The third kappa shape index (κ3) is 3.24. The van der Waals surface area contributed by atoms with Gasteiger partial charge in [-0.05, 0) is 47.2 Å². The lowest BCUT2D eigenvalue weighted by atomic mass is 10.0. The summed E-state index contributed by atoms with van der Waals surface area (Å²) in [7, 11) is 0. The molecule has 0 atom stereocenters. The van der Waals surface area contributed by atoms with Crippen LogP contribution < -0.4 is 0 Å². The number of aromatic nitrogens is 1. The molecule has 0 aliphatic rings. The summed E-state index contributed by atoms with van der Waals surface area (Å²) in [5, 5.41) is 18.9. The first kappa shape index (κ1) is 22.0. The normalized spacial score (nSPS) is 11.8. The summed E-state index contributed by atoms with van der Waals surface area (Å²) >= 11 is 1.70. The SMILES string of the molecule is O=[N+]([O-])c1ccccc1-c1cccc2c1sc1cc3c(cc12)c1ccccc1n3-c1ccc2ccccc2c1. The van der Waals surface area contributed by atoms with Gasteiger partial charge in [-0.25, -0.2) is 0 Å². The first-order valence-electron chi connectivity index (χ1n) is 12.8. The molecule has 0 fully saturated rings. The van der Waals surface area contributed by atoms with Gasteiger partial charge in [0.1, 0.15) is 0 Å². The van der Waals surface area contributed by atoms with Gasteiger partial charge >= 0.3 is 0 Å². The molecule has 6 aromatic carbocycles. The summed E-state index contributed by atoms with van der Waals surface area (Å²) in [4.78, 5) is 11.5. The summed E-state index contributed by atoms with van der Waals surface area (Å²) in [6.07, 6.45) is 0. The fraction of sp³-hybridized carbons (Fsp3) is 0. The quantitative estimate of drug-likeness (QED) is 0.172. The van der Waals surface area contributed by atoms with E-state index in [0.717, 1.165) is 31.6 Å². The van der Waals surface area contributed by atoms with Crippen LogP contribution >= 0.6 is 11.3 Å². The number of thiophene rings is 1. The number of para-hydroxylation sites is 2. The summed E-state index contributed by atoms with van der Waals surface area (Å²) in [6.45, 7) is 0. The molecule has 0 aliphatic heterocycles. The Hall–Kier alpha value is -5.00. The maximum absolute atomic E-state index is 11.8. The fourth-order valence-electron chi connectivity index (χ4n) is 5.93. The average Bonchev–Trinajstić information content (AvgIpc) is 3.50. The minimum Gasteiger partial charge on any atom is -0.309 e. The van der Waals surface area contributed by atoms with E-state index >= 15 is 0 Å². The molecule has 0 amide bonds. The van der Waals surface area contributed by atoms with Crippen LogP contribution in [0.5, 0.6) is 0 Å². The van der Waals surface area contributed by atoms with Gasteiger partial charge in [0.15, 0.2) is 0 Å². The number of fused-ring (bicyclic) bond motifs is 7. The zero-order valence-electron chi connectivity index (χ0n) is 20.7. The zero-order chi connectivity index (χ0) is 26.1. The number of rotatable bonds is 3. The lowest BCUT2D eigenvalue weighted by molar-refractivity contribution is -0.384. The molecule has 2 heterocycles. The zero-order valence-corrected chi connectivity index (χ0v) is 21.5. The molecule has 184 valence electrons. The highest BCUT2D eigenvalue weighted by Crippen LogP contribution is 2.45. The second-order valence-corrected chi connectivity index (χ2v) is 10.9. The first-order chi connectivity index (χ1) is 19.2. The predicted octanol–water partition coefficient (Wildman–Crippen LogP) is 9.88. The molecule has 8 rings (SSSR count). The van der Waals surface area contributed by atoms with E-state index in [1.165, 1.54) is 32.4 Å². The standard InChI is InChI=1S/C34H20N2O2S/c37-36(38)31-15-6-4-10-24(31)26-12-7-13-27-29-19-28-25-11-3-5-14-30(25)35(32(28)20-33(29)39-34(26)27)23-17-16-21-8-1-2-9-22(21)18-23/h1-20H. The van der Waals surface area contributed by atoms with Crippen LogP contribution in [0.25, 0.3) is 69.6 Å². The Labute approximate surface area is 227 Å². The predicted molar refractivity (Wildman–Crippen MR) is 163 cm³/mol. The molecule has 0 unspecified atom stereocenters. The molecule has 4 nitrogen and oxygen atoms in total. The van der Waals surface area contributed by atoms with Gasteiger partial charge in [-0.2, -0.15) is 0 Å². The van der Waals surface area contributed by atoms with E-state index in [1.54, 1.807) is 23.5 Å². The molecule has 0 bridgehead atoms. The van der Waals surface area contributed by atoms with Crippen LogP contribution in [-0.2, 0) is 0 Å². The van der Waals surface area contributed by atoms with E-state index in [9.17, 15) is 10.1 Å². The second kappa shape index (κ2) is 8.25. The number of hydrogen-bond acceptors (Lipinski definition) is 3.